The van der Waals surface area contributed by atoms with Crippen molar-refractivity contribution in [3.63, 3.8) is 0 Å². The highest BCUT2D eigenvalue weighted by Crippen LogP contribution is 2.30. The number of likely N-dealkylation sites (tertiary alicyclic amines) is 1. The molecule has 1 aliphatic rings. The fourth-order valence-electron chi connectivity index (χ4n) is 7.49. The van der Waals surface area contributed by atoms with E-state index in [4.69, 9.17) is 9.47 Å². The van der Waals surface area contributed by atoms with Crippen LogP contribution in [0, 0.1) is 17.8 Å². The minimum absolute atomic E-state index is 0.00303. The Morgan fingerprint density at radius 2 is 1.75 bits per heavy atom. The number of rotatable bonds is 20. The third-order valence-electron chi connectivity index (χ3n) is 10.4. The van der Waals surface area contributed by atoms with Gasteiger partial charge >= 0.3 is 0 Å². The van der Waals surface area contributed by atoms with E-state index in [2.05, 4.69) is 23.6 Å². The van der Waals surface area contributed by atoms with E-state index in [9.17, 15) is 19.2 Å². The lowest BCUT2D eigenvalue weighted by Gasteiger charge is -2.39. The summed E-state index contributed by atoms with van der Waals surface area (Å²) in [5.74, 6) is -1.36. The molecule has 3 rings (SSSR count). The molecule has 2 heterocycles. The van der Waals surface area contributed by atoms with Crippen LogP contribution < -0.4 is 10.6 Å². The zero-order valence-electron chi connectivity index (χ0n) is 32.5. The van der Waals surface area contributed by atoms with E-state index in [0.717, 1.165) is 23.4 Å². The minimum Gasteiger partial charge on any atom is -0.379 e. The van der Waals surface area contributed by atoms with E-state index < -0.39 is 30.2 Å². The predicted molar refractivity (Wildman–Crippen MR) is 206 cm³/mol. The molecule has 8 unspecified atom stereocenters. The third-order valence-corrected chi connectivity index (χ3v) is 11.3. The molecule has 0 spiro atoms. The van der Waals surface area contributed by atoms with Crippen LogP contribution in [0.25, 0.3) is 0 Å². The van der Waals surface area contributed by atoms with E-state index in [1.165, 1.54) is 11.3 Å². The highest BCUT2D eigenvalue weighted by atomic mass is 32.1. The normalized spacial score (nSPS) is 18.7. The number of hydrogen-bond donors (Lipinski definition) is 2. The Bertz CT molecular complexity index is 1410. The van der Waals surface area contributed by atoms with Crippen LogP contribution in [0.5, 0.6) is 0 Å². The zero-order valence-corrected chi connectivity index (χ0v) is 33.4. The molecular formula is C38H60BN6O6S. The number of ether oxygens (including phenoxy) is 2. The first-order chi connectivity index (χ1) is 24.7. The van der Waals surface area contributed by atoms with Gasteiger partial charge in [0.25, 0.3) is 0 Å². The number of methoxy groups -OCH3 is 2. The number of nitrogens with one attached hydrogen (secondary N) is 2. The highest BCUT2D eigenvalue weighted by Gasteiger charge is 2.42. The number of carbonyl (C=O) groups excluding carboxylic acids is 4. The highest BCUT2D eigenvalue weighted by molar-refractivity contribution is 7.09. The summed E-state index contributed by atoms with van der Waals surface area (Å²) in [6, 6.07) is 8.49. The first-order valence-electron chi connectivity index (χ1n) is 18.4. The van der Waals surface area contributed by atoms with Gasteiger partial charge in [0.2, 0.25) is 23.6 Å². The molecule has 4 amide bonds. The Morgan fingerprint density at radius 1 is 1.06 bits per heavy atom. The molecule has 1 aromatic carbocycles. The predicted octanol–water partition coefficient (Wildman–Crippen LogP) is 3.35. The van der Waals surface area contributed by atoms with Crippen LogP contribution >= 0.6 is 11.3 Å². The first-order valence-corrected chi connectivity index (χ1v) is 19.3. The molecule has 2 N–H and O–H groups in total. The Kier molecular flexibility index (Phi) is 17.2. The Labute approximate surface area is 315 Å². The second kappa shape index (κ2) is 20.8. The van der Waals surface area contributed by atoms with Gasteiger partial charge < -0.3 is 34.7 Å². The average molecular weight is 740 g/mol. The van der Waals surface area contributed by atoms with Gasteiger partial charge in [0.05, 0.1) is 55.3 Å². The Morgan fingerprint density at radius 3 is 2.31 bits per heavy atom. The molecule has 1 aromatic heterocycles. The second-order valence-electron chi connectivity index (χ2n) is 14.4. The van der Waals surface area contributed by atoms with Gasteiger partial charge in [-0.1, -0.05) is 71.4 Å². The van der Waals surface area contributed by atoms with Crippen molar-refractivity contribution in [3.05, 3.63) is 52.5 Å². The van der Waals surface area contributed by atoms with Crippen molar-refractivity contribution in [3.8, 4) is 0 Å². The third kappa shape index (κ3) is 11.3. The van der Waals surface area contributed by atoms with Gasteiger partial charge in [-0.3, -0.25) is 19.2 Å². The molecule has 1 radical (unpaired) electrons. The number of thiazole rings is 1. The monoisotopic (exact) mass is 739 g/mol. The fraction of sp³-hybridized carbons (Fsp3) is 0.658. The summed E-state index contributed by atoms with van der Waals surface area (Å²) in [4.78, 5) is 63.8. The van der Waals surface area contributed by atoms with E-state index in [1.54, 1.807) is 44.2 Å². The summed E-state index contributed by atoms with van der Waals surface area (Å²) < 4.78 is 11.9. The van der Waals surface area contributed by atoms with Crippen molar-refractivity contribution in [2.45, 2.75) is 103 Å². The van der Waals surface area contributed by atoms with Gasteiger partial charge in [-0.2, -0.15) is 0 Å². The number of likely N-dealkylation sites (N-methyl/N-ethyl adjacent to an activating group) is 2. The number of aromatic nitrogens is 1. The number of hydrogen-bond acceptors (Lipinski definition) is 9. The number of amides is 4. The van der Waals surface area contributed by atoms with Crippen LogP contribution in [-0.4, -0.2) is 123 Å². The van der Waals surface area contributed by atoms with Crippen molar-refractivity contribution in [1.82, 2.24) is 30.2 Å². The van der Waals surface area contributed by atoms with Gasteiger partial charge in [-0.15, -0.1) is 11.3 Å². The van der Waals surface area contributed by atoms with Gasteiger partial charge in [0.15, 0.2) is 7.98 Å². The number of nitrogens with zero attached hydrogens (tertiary/aromatic N) is 4. The molecule has 0 saturated carbocycles. The maximum Gasteiger partial charge on any atom is 0.242 e. The number of carbonyl (C=O) groups is 4. The Hall–Kier alpha value is -3.33. The maximum absolute atomic E-state index is 14.1. The largest absolute Gasteiger partial charge is 0.379 e. The second-order valence-corrected chi connectivity index (χ2v) is 15.4. The topological polar surface area (TPSA) is 133 Å². The molecule has 52 heavy (non-hydrogen) atoms. The molecule has 12 nitrogen and oxygen atoms in total. The van der Waals surface area contributed by atoms with Crippen LogP contribution in [0.3, 0.4) is 0 Å². The molecule has 0 bridgehead atoms. The van der Waals surface area contributed by atoms with E-state index in [1.807, 2.05) is 75.2 Å². The summed E-state index contributed by atoms with van der Waals surface area (Å²) in [5, 5.41) is 8.73. The van der Waals surface area contributed by atoms with Crippen LogP contribution in [0.15, 0.2) is 41.9 Å². The van der Waals surface area contributed by atoms with Crippen molar-refractivity contribution < 1.29 is 28.7 Å². The summed E-state index contributed by atoms with van der Waals surface area (Å²) >= 11 is 1.50. The molecule has 287 valence electrons. The SMILES string of the molecule is [BH]N(C)C(C(=O)NCC(=O)N(C)C(C(C)CC)C(CC(=O)N1CCCC1C(OC)C(C)C(=O)NC(Cc1ccccc1)c1nccs1)OC)C(C)C. The molecule has 2 aromatic rings. The lowest BCUT2D eigenvalue weighted by molar-refractivity contribution is -0.146. The molecule has 1 saturated heterocycles. The molecule has 0 aliphatic carbocycles. The summed E-state index contributed by atoms with van der Waals surface area (Å²) in [5.41, 5.74) is 1.09. The summed E-state index contributed by atoms with van der Waals surface area (Å²) in [6.45, 7) is 10.1. The van der Waals surface area contributed by atoms with E-state index >= 15 is 0 Å². The first kappa shape index (κ1) is 43.1. The van der Waals surface area contributed by atoms with Crippen LogP contribution in [0.2, 0.25) is 0 Å². The lowest BCUT2D eigenvalue weighted by atomic mass is 9.90. The molecule has 1 aliphatic heterocycles. The van der Waals surface area contributed by atoms with Gasteiger partial charge in [-0.25, -0.2) is 4.98 Å². The van der Waals surface area contributed by atoms with Gasteiger partial charge in [0.1, 0.15) is 5.01 Å². The molecule has 14 heteroatoms. The van der Waals surface area contributed by atoms with E-state index in [-0.39, 0.29) is 60.5 Å². The smallest absolute Gasteiger partial charge is 0.242 e. The zero-order chi connectivity index (χ0) is 38.5. The fourth-order valence-corrected chi connectivity index (χ4v) is 8.18. The molecular weight excluding hydrogens is 679 g/mol. The van der Waals surface area contributed by atoms with Crippen LogP contribution in [-0.2, 0) is 35.1 Å². The van der Waals surface area contributed by atoms with Gasteiger partial charge in [0, 0.05) is 39.4 Å². The summed E-state index contributed by atoms with van der Waals surface area (Å²) in [7, 11) is 10.5. The quantitative estimate of drug-likeness (QED) is 0.198. The summed E-state index contributed by atoms with van der Waals surface area (Å²) in [6.07, 6.45) is 3.49. The Balaban J connectivity index is 1.72. The molecule has 8 atom stereocenters. The van der Waals surface area contributed by atoms with Gasteiger partial charge in [-0.05, 0) is 43.7 Å². The van der Waals surface area contributed by atoms with Crippen molar-refractivity contribution in [1.29, 1.82) is 0 Å². The minimum atomic E-state index is -0.596. The van der Waals surface area contributed by atoms with Crippen molar-refractivity contribution in [2.24, 2.45) is 17.8 Å². The lowest BCUT2D eigenvalue weighted by Crippen LogP contribution is -2.55. The van der Waals surface area contributed by atoms with E-state index in [0.29, 0.717) is 19.4 Å². The van der Waals surface area contributed by atoms with Crippen LogP contribution in [0.1, 0.15) is 76.9 Å². The number of benzene rings is 1. The van der Waals surface area contributed by atoms with Crippen LogP contribution in [0.4, 0.5) is 0 Å². The van der Waals surface area contributed by atoms with Crippen molar-refractivity contribution >= 4 is 42.9 Å². The molecule has 1 fully saturated rings. The average Bonchev–Trinajstić information content (AvgIpc) is 3.84. The maximum atomic E-state index is 14.1. The van der Waals surface area contributed by atoms with Crippen molar-refractivity contribution in [2.75, 3.05) is 41.4 Å². The standard InChI is InChI=1S/C38H60BN6O6S/c1-10-25(4)34(43(6)32(47)23-41-37(49)33(24(2)3)44(7)39)30(50-8)22-31(46)45-19-14-17-29(45)35(51-9)26(5)36(48)42-28(38-40-18-20-52-38)21-27-15-12-11-13-16-27/h11-13,15-16,18,20,24-26,28-30,33-35,39H,10,14,17,19,21-23H2,1-9H3,(H,41,49)(H,42,48).